The third-order valence-corrected chi connectivity index (χ3v) is 3.43. The van der Waals surface area contributed by atoms with Crippen LogP contribution in [0.5, 0.6) is 0 Å². The number of hydrogen-bond acceptors (Lipinski definition) is 5. The molecule has 1 fully saturated rings. The van der Waals surface area contributed by atoms with E-state index in [4.69, 9.17) is 5.11 Å². The van der Waals surface area contributed by atoms with Gasteiger partial charge in [0.15, 0.2) is 5.17 Å². The molecule has 0 radical (unpaired) electrons. The van der Waals surface area contributed by atoms with E-state index in [-0.39, 0.29) is 17.4 Å². The minimum absolute atomic E-state index is 0.250. The molecule has 1 heterocycles. The Kier molecular flexibility index (Phi) is 4.46. The molecule has 6 nitrogen and oxygen atoms in total. The first-order chi connectivity index (χ1) is 9.54. The third kappa shape index (κ3) is 3.89. The Labute approximate surface area is 117 Å². The largest absolute Gasteiger partial charge is 0.481 e. The smallest absolute Gasteiger partial charge is 0.305 e. The summed E-state index contributed by atoms with van der Waals surface area (Å²) in [5, 5.41) is 18.2. The van der Waals surface area contributed by atoms with Gasteiger partial charge in [-0.05, 0) is 17.7 Å². The van der Waals surface area contributed by atoms with Crippen LogP contribution in [0, 0.1) is 5.82 Å². The van der Waals surface area contributed by atoms with Crippen molar-refractivity contribution in [2.45, 2.75) is 11.7 Å². The van der Waals surface area contributed by atoms with Gasteiger partial charge in [0, 0.05) is 0 Å². The molecule has 104 valence electrons. The van der Waals surface area contributed by atoms with Gasteiger partial charge in [0.05, 0.1) is 12.6 Å². The lowest BCUT2D eigenvalue weighted by Crippen LogP contribution is -2.26. The lowest BCUT2D eigenvalue weighted by atomic mass is 10.2. The van der Waals surface area contributed by atoms with E-state index in [9.17, 15) is 14.0 Å². The number of aliphatic carboxylic acids is 1. The highest BCUT2D eigenvalue weighted by Crippen LogP contribution is 2.22. The molecule has 0 saturated carbocycles. The van der Waals surface area contributed by atoms with Gasteiger partial charge in [-0.25, -0.2) is 4.39 Å². The average Bonchev–Trinajstić information content (AvgIpc) is 2.72. The van der Waals surface area contributed by atoms with Crippen molar-refractivity contribution >= 4 is 35.0 Å². The summed E-state index contributed by atoms with van der Waals surface area (Å²) in [5.74, 6) is -1.79. The van der Waals surface area contributed by atoms with E-state index in [0.717, 1.165) is 11.8 Å². The first kappa shape index (κ1) is 14.2. The Morgan fingerprint density at radius 1 is 1.45 bits per heavy atom. The van der Waals surface area contributed by atoms with Gasteiger partial charge in [0.1, 0.15) is 11.1 Å². The van der Waals surface area contributed by atoms with Crippen LogP contribution in [-0.2, 0) is 9.59 Å². The first-order valence-corrected chi connectivity index (χ1v) is 6.48. The number of carbonyl (C=O) groups excluding carboxylic acids is 1. The molecule has 1 aromatic carbocycles. The number of hydrogen-bond donors (Lipinski definition) is 2. The predicted octanol–water partition coefficient (Wildman–Crippen LogP) is 1.22. The maximum absolute atomic E-state index is 12.7. The molecule has 2 rings (SSSR count). The number of amidine groups is 1. The Morgan fingerprint density at radius 2 is 2.15 bits per heavy atom. The summed E-state index contributed by atoms with van der Waals surface area (Å²) in [6.07, 6.45) is 1.14. The molecular weight excluding hydrogens is 285 g/mol. The van der Waals surface area contributed by atoms with E-state index < -0.39 is 17.1 Å². The number of benzene rings is 1. The van der Waals surface area contributed by atoms with Crippen molar-refractivity contribution in [3.05, 3.63) is 35.6 Å². The summed E-state index contributed by atoms with van der Waals surface area (Å²) >= 11 is 1.02. The van der Waals surface area contributed by atoms with Crippen LogP contribution in [0.4, 0.5) is 4.39 Å². The van der Waals surface area contributed by atoms with Gasteiger partial charge in [0.25, 0.3) is 0 Å². The van der Waals surface area contributed by atoms with Gasteiger partial charge in [-0.3, -0.25) is 9.59 Å². The molecule has 0 aromatic heterocycles. The fourth-order valence-electron chi connectivity index (χ4n) is 1.44. The Morgan fingerprint density at radius 3 is 2.80 bits per heavy atom. The number of carboxylic acid groups (broad SMARTS) is 1. The number of amides is 1. The van der Waals surface area contributed by atoms with Crippen molar-refractivity contribution in [2.24, 2.45) is 10.2 Å². The Hall–Kier alpha value is -2.22. The molecule has 8 heteroatoms. The van der Waals surface area contributed by atoms with Gasteiger partial charge < -0.3 is 10.4 Å². The summed E-state index contributed by atoms with van der Waals surface area (Å²) in [6, 6.07) is 5.66. The van der Waals surface area contributed by atoms with Crippen molar-refractivity contribution in [1.29, 1.82) is 0 Å². The summed E-state index contributed by atoms with van der Waals surface area (Å²) in [5.41, 5.74) is 0.659. The highest BCUT2D eigenvalue weighted by Gasteiger charge is 2.32. The van der Waals surface area contributed by atoms with Crippen molar-refractivity contribution in [3.63, 3.8) is 0 Å². The minimum Gasteiger partial charge on any atom is -0.481 e. The number of rotatable bonds is 4. The van der Waals surface area contributed by atoms with E-state index in [0.29, 0.717) is 5.56 Å². The van der Waals surface area contributed by atoms with Crippen LogP contribution < -0.4 is 5.32 Å². The molecule has 1 aromatic rings. The number of halogens is 1. The number of nitrogens with one attached hydrogen (secondary N) is 1. The van der Waals surface area contributed by atoms with Crippen LogP contribution >= 0.6 is 11.8 Å². The molecule has 1 aliphatic heterocycles. The maximum atomic E-state index is 12.7. The molecule has 0 spiro atoms. The molecular formula is C12H10FN3O3S. The molecule has 0 bridgehead atoms. The van der Waals surface area contributed by atoms with Crippen LogP contribution in [0.25, 0.3) is 0 Å². The Bertz CT molecular complexity index is 586. The minimum atomic E-state index is -1.05. The quantitative estimate of drug-likeness (QED) is 0.645. The van der Waals surface area contributed by atoms with Crippen molar-refractivity contribution < 1.29 is 19.1 Å². The molecule has 1 saturated heterocycles. The van der Waals surface area contributed by atoms with Crippen molar-refractivity contribution in [3.8, 4) is 0 Å². The van der Waals surface area contributed by atoms with Crippen LogP contribution in [0.15, 0.2) is 34.5 Å². The zero-order valence-corrected chi connectivity index (χ0v) is 10.9. The molecule has 1 aliphatic rings. The Balaban J connectivity index is 1.97. The maximum Gasteiger partial charge on any atom is 0.305 e. The number of carboxylic acids is 1. The molecule has 2 N–H and O–H groups in total. The number of thioether (sulfide) groups is 1. The van der Waals surface area contributed by atoms with E-state index in [1.54, 1.807) is 0 Å². The third-order valence-electron chi connectivity index (χ3n) is 2.36. The fourth-order valence-corrected chi connectivity index (χ4v) is 2.36. The van der Waals surface area contributed by atoms with Crippen LogP contribution in [0.1, 0.15) is 12.0 Å². The molecule has 0 aliphatic carbocycles. The monoisotopic (exact) mass is 295 g/mol. The van der Waals surface area contributed by atoms with Gasteiger partial charge >= 0.3 is 5.97 Å². The van der Waals surface area contributed by atoms with Gasteiger partial charge in [0.2, 0.25) is 5.91 Å². The van der Waals surface area contributed by atoms with Gasteiger partial charge in [-0.1, -0.05) is 23.9 Å². The summed E-state index contributed by atoms with van der Waals surface area (Å²) < 4.78 is 12.7. The molecule has 1 unspecified atom stereocenters. The summed E-state index contributed by atoms with van der Waals surface area (Å²) in [6.45, 7) is 0. The second-order valence-corrected chi connectivity index (χ2v) is 5.09. The summed E-state index contributed by atoms with van der Waals surface area (Å²) in [4.78, 5) is 22.0. The van der Waals surface area contributed by atoms with E-state index in [1.165, 1.54) is 30.5 Å². The highest BCUT2D eigenvalue weighted by molar-refractivity contribution is 8.15. The van der Waals surface area contributed by atoms with E-state index in [1.807, 2.05) is 0 Å². The standard InChI is InChI=1S/C12H10FN3O3S/c13-8-3-1-7(2-4-8)6-14-16-12-15-11(19)9(20-12)5-10(17)18/h1-4,6,9H,5H2,(H,17,18)(H,15,16,19). The van der Waals surface area contributed by atoms with Crippen LogP contribution in [-0.4, -0.2) is 33.6 Å². The molecule has 1 amide bonds. The fraction of sp³-hybridized carbons (Fsp3) is 0.167. The van der Waals surface area contributed by atoms with Crippen molar-refractivity contribution in [2.75, 3.05) is 0 Å². The zero-order valence-electron chi connectivity index (χ0n) is 10.1. The number of nitrogens with zero attached hydrogens (tertiary/aromatic N) is 2. The number of carbonyl (C=O) groups is 2. The highest BCUT2D eigenvalue weighted by atomic mass is 32.2. The van der Waals surface area contributed by atoms with E-state index >= 15 is 0 Å². The molecule has 20 heavy (non-hydrogen) atoms. The van der Waals surface area contributed by atoms with Crippen LogP contribution in [0.2, 0.25) is 0 Å². The normalized spacial score (nSPS) is 20.6. The van der Waals surface area contributed by atoms with Gasteiger partial charge in [-0.2, -0.15) is 5.10 Å². The van der Waals surface area contributed by atoms with Crippen LogP contribution in [0.3, 0.4) is 0 Å². The summed E-state index contributed by atoms with van der Waals surface area (Å²) in [7, 11) is 0. The second kappa shape index (κ2) is 6.29. The first-order valence-electron chi connectivity index (χ1n) is 5.60. The second-order valence-electron chi connectivity index (χ2n) is 3.89. The molecule has 1 atom stereocenters. The lowest BCUT2D eigenvalue weighted by molar-refractivity contribution is -0.138. The topological polar surface area (TPSA) is 91.1 Å². The van der Waals surface area contributed by atoms with Crippen molar-refractivity contribution in [1.82, 2.24) is 5.32 Å². The zero-order chi connectivity index (χ0) is 14.5. The SMILES string of the molecule is O=C(O)CC1S/C(=N/N=Cc2ccc(F)cc2)NC1=O. The van der Waals surface area contributed by atoms with Gasteiger partial charge in [-0.15, -0.1) is 5.10 Å². The predicted molar refractivity (Wildman–Crippen MR) is 73.2 cm³/mol. The average molecular weight is 295 g/mol. The van der Waals surface area contributed by atoms with E-state index in [2.05, 4.69) is 15.5 Å². The lowest BCUT2D eigenvalue weighted by Gasteiger charge is -1.97.